The summed E-state index contributed by atoms with van der Waals surface area (Å²) < 4.78 is 84.5. The summed E-state index contributed by atoms with van der Waals surface area (Å²) in [5.41, 5.74) is 5.51. The zero-order valence-electron chi connectivity index (χ0n) is 15.4. The van der Waals surface area contributed by atoms with Crippen LogP contribution in [0.2, 0.25) is 0 Å². The van der Waals surface area contributed by atoms with Crippen LogP contribution in [0.3, 0.4) is 0 Å². The highest BCUT2D eigenvalue weighted by Crippen LogP contribution is 2.31. The van der Waals surface area contributed by atoms with Gasteiger partial charge in [0.2, 0.25) is 12.0 Å². The Bertz CT molecular complexity index is 947. The fraction of sp³-hybridized carbons (Fsp3) is 0.750. The first-order chi connectivity index (χ1) is 14.5. The Labute approximate surface area is 179 Å². The molecule has 0 amide bonds. The summed E-state index contributed by atoms with van der Waals surface area (Å²) in [7, 11) is -10.4. The summed E-state index contributed by atoms with van der Waals surface area (Å²) in [5.74, 6) is -4.71. The Hall–Kier alpha value is -1.69. The average Bonchev–Trinajstić information content (AvgIpc) is 2.64. The van der Waals surface area contributed by atoms with E-state index in [9.17, 15) is 42.1 Å². The summed E-state index contributed by atoms with van der Waals surface area (Å²) >= 11 is 0. The van der Waals surface area contributed by atoms with Crippen molar-refractivity contribution >= 4 is 26.8 Å². The van der Waals surface area contributed by atoms with Gasteiger partial charge < -0.3 is 45.5 Å². The van der Waals surface area contributed by atoms with Gasteiger partial charge in [0.1, 0.15) is 24.4 Å². The molecule has 0 radical (unpaired) electrons. The van der Waals surface area contributed by atoms with Crippen molar-refractivity contribution in [3.05, 3.63) is 11.5 Å². The molecule has 20 heteroatoms. The van der Waals surface area contributed by atoms with Crippen LogP contribution in [0.1, 0.15) is 0 Å². The Morgan fingerprint density at radius 3 is 2.16 bits per heavy atom. The maximum Gasteiger partial charge on any atom is 0.397 e. The van der Waals surface area contributed by atoms with Crippen LogP contribution in [0, 0.1) is 0 Å². The Morgan fingerprint density at radius 2 is 1.66 bits per heavy atom. The lowest BCUT2D eigenvalue weighted by Gasteiger charge is -2.43. The van der Waals surface area contributed by atoms with Crippen LogP contribution >= 0.6 is 0 Å². The summed E-state index contributed by atoms with van der Waals surface area (Å²) in [6.45, 7) is -1.11. The molecule has 0 aromatic heterocycles. The van der Waals surface area contributed by atoms with Crippen LogP contribution in [0.4, 0.5) is 0 Å². The molecule has 2 rings (SSSR count). The van der Waals surface area contributed by atoms with E-state index < -0.39 is 94.0 Å². The molecule has 186 valence electrons. The van der Waals surface area contributed by atoms with Crippen LogP contribution < -0.4 is 5.73 Å². The third-order valence-corrected chi connectivity index (χ3v) is 5.07. The molecule has 2 aliphatic heterocycles. The Morgan fingerprint density at radius 1 is 1.06 bits per heavy atom. The number of aliphatic hydroxyl groups is 4. The number of hydrogen-bond donors (Lipinski definition) is 8. The Kier molecular flexibility index (Phi) is 8.02. The first-order valence-corrected chi connectivity index (χ1v) is 11.0. The van der Waals surface area contributed by atoms with Gasteiger partial charge in [-0.15, -0.1) is 0 Å². The van der Waals surface area contributed by atoms with Crippen molar-refractivity contribution in [1.82, 2.24) is 0 Å². The first kappa shape index (κ1) is 26.6. The molecule has 1 saturated heterocycles. The molecule has 2 aliphatic rings. The van der Waals surface area contributed by atoms with Crippen molar-refractivity contribution in [3.8, 4) is 0 Å². The molecule has 18 nitrogen and oxygen atoms in total. The smallest absolute Gasteiger partial charge is 0.397 e. The summed E-state index contributed by atoms with van der Waals surface area (Å²) in [6.07, 6.45) is -14.7. The molecule has 0 spiro atoms. The molecular formula is C12H19NO17S2. The molecule has 9 N–H and O–H groups in total. The van der Waals surface area contributed by atoms with Gasteiger partial charge >= 0.3 is 26.8 Å². The number of aliphatic carboxylic acids is 1. The van der Waals surface area contributed by atoms with E-state index in [1.54, 1.807) is 0 Å². The second kappa shape index (κ2) is 9.66. The summed E-state index contributed by atoms with van der Waals surface area (Å²) in [5, 5.41) is 48.8. The van der Waals surface area contributed by atoms with Crippen LogP contribution in [-0.2, 0) is 48.2 Å². The summed E-state index contributed by atoms with van der Waals surface area (Å²) in [6, 6.07) is -1.63. The minimum Gasteiger partial charge on any atom is -0.506 e. The average molecular weight is 513 g/mol. The highest BCUT2D eigenvalue weighted by Gasteiger charge is 2.51. The number of nitrogens with two attached hydrogens (primary N) is 1. The van der Waals surface area contributed by atoms with E-state index in [2.05, 4.69) is 8.37 Å². The minimum atomic E-state index is -5.36. The molecule has 0 saturated carbocycles. The third-order valence-electron chi connectivity index (χ3n) is 4.17. The van der Waals surface area contributed by atoms with Crippen LogP contribution in [-0.4, -0.2) is 113 Å². The van der Waals surface area contributed by atoms with E-state index in [0.717, 1.165) is 0 Å². The maximum absolute atomic E-state index is 11.2. The zero-order valence-corrected chi connectivity index (χ0v) is 17.1. The molecule has 2 heterocycles. The SMILES string of the molecule is N[C@H]1C(O)O[C@H](COS(=O)(=O)O)[C@@H](O[C@@H]2OC(C(=O)O)=C(O)[C@H](O)[C@H]2OS(=O)(=O)O)[C@@H]1O. The number of hydrogen-bond acceptors (Lipinski definition) is 15. The fourth-order valence-electron chi connectivity index (χ4n) is 2.75. The van der Waals surface area contributed by atoms with Gasteiger partial charge in [0, 0.05) is 0 Å². The molecule has 0 bridgehead atoms. The normalized spacial score (nSPS) is 36.6. The molecule has 8 atom stereocenters. The predicted molar refractivity (Wildman–Crippen MR) is 91.8 cm³/mol. The van der Waals surface area contributed by atoms with Gasteiger partial charge in [-0.25, -0.2) is 13.2 Å². The lowest BCUT2D eigenvalue weighted by atomic mass is 9.97. The molecular weight excluding hydrogens is 494 g/mol. The van der Waals surface area contributed by atoms with Crippen molar-refractivity contribution < 1.29 is 78.8 Å². The molecule has 1 fully saturated rings. The van der Waals surface area contributed by atoms with Crippen LogP contribution in [0.25, 0.3) is 0 Å². The number of carboxylic acids is 1. The van der Waals surface area contributed by atoms with Crippen molar-refractivity contribution in [2.24, 2.45) is 5.73 Å². The van der Waals surface area contributed by atoms with Crippen LogP contribution in [0.15, 0.2) is 11.5 Å². The summed E-state index contributed by atoms with van der Waals surface area (Å²) in [4.78, 5) is 11.2. The third kappa shape index (κ3) is 6.43. The van der Waals surface area contributed by atoms with E-state index in [1.807, 2.05) is 0 Å². The molecule has 0 aliphatic carbocycles. The number of ether oxygens (including phenoxy) is 3. The second-order valence-corrected chi connectivity index (χ2v) is 8.52. The van der Waals surface area contributed by atoms with Gasteiger partial charge in [-0.05, 0) is 0 Å². The quantitative estimate of drug-likeness (QED) is 0.141. The van der Waals surface area contributed by atoms with Crippen LogP contribution in [0.5, 0.6) is 0 Å². The first-order valence-electron chi connectivity index (χ1n) is 8.23. The van der Waals surface area contributed by atoms with Gasteiger partial charge in [-0.3, -0.25) is 9.11 Å². The lowest BCUT2D eigenvalue weighted by Crippen LogP contribution is -2.64. The minimum absolute atomic E-state index is 1.11. The molecule has 1 unspecified atom stereocenters. The molecule has 0 aromatic carbocycles. The van der Waals surface area contributed by atoms with E-state index in [4.69, 9.17) is 34.2 Å². The maximum atomic E-state index is 11.2. The second-order valence-electron chi connectivity index (χ2n) is 6.39. The lowest BCUT2D eigenvalue weighted by molar-refractivity contribution is -0.303. The van der Waals surface area contributed by atoms with Gasteiger partial charge in [0.25, 0.3) is 0 Å². The van der Waals surface area contributed by atoms with E-state index >= 15 is 0 Å². The largest absolute Gasteiger partial charge is 0.506 e. The van der Waals surface area contributed by atoms with Gasteiger partial charge in [0.05, 0.1) is 12.6 Å². The number of rotatable bonds is 8. The number of aliphatic hydroxyl groups excluding tert-OH is 4. The number of carbonyl (C=O) groups is 1. The number of carboxylic acid groups (broad SMARTS) is 1. The van der Waals surface area contributed by atoms with E-state index in [-0.39, 0.29) is 0 Å². The predicted octanol–water partition coefficient (Wildman–Crippen LogP) is -4.64. The monoisotopic (exact) mass is 513 g/mol. The zero-order chi connectivity index (χ0) is 24.6. The molecule has 0 aromatic rings. The van der Waals surface area contributed by atoms with Crippen molar-refractivity contribution in [3.63, 3.8) is 0 Å². The highest BCUT2D eigenvalue weighted by molar-refractivity contribution is 7.81. The van der Waals surface area contributed by atoms with Gasteiger partial charge in [0.15, 0.2) is 18.2 Å². The standard InChI is InChI=1S/C12H19NO17S2/c13-3-4(14)7(2(27-11(3)19)1-26-31(20,21)22)28-12-9(30-32(23,24)25)6(16)5(15)8(29-12)10(17)18/h2-4,6-7,9,11-12,14-16,19H,1,13H2,(H,17,18)(H,20,21,22)(H,23,24,25)/t2-,3-,4-,6+,7-,9-,11?,12-/m1/s1. The van der Waals surface area contributed by atoms with Crippen molar-refractivity contribution in [2.45, 2.75) is 49.1 Å². The van der Waals surface area contributed by atoms with Crippen molar-refractivity contribution in [1.29, 1.82) is 0 Å². The van der Waals surface area contributed by atoms with E-state index in [1.165, 1.54) is 0 Å². The van der Waals surface area contributed by atoms with E-state index in [0.29, 0.717) is 0 Å². The van der Waals surface area contributed by atoms with Gasteiger partial charge in [-0.2, -0.15) is 16.8 Å². The fourth-order valence-corrected chi connectivity index (χ4v) is 3.53. The highest BCUT2D eigenvalue weighted by atomic mass is 32.3. The molecule has 32 heavy (non-hydrogen) atoms. The van der Waals surface area contributed by atoms with Crippen molar-refractivity contribution in [2.75, 3.05) is 6.61 Å². The topological polar surface area (TPSA) is 299 Å². The van der Waals surface area contributed by atoms with Gasteiger partial charge in [-0.1, -0.05) is 0 Å². The Balaban J connectivity index is 2.40.